The molecule has 21 heavy (non-hydrogen) atoms. The van der Waals surface area contributed by atoms with E-state index < -0.39 is 0 Å². The monoisotopic (exact) mass is 304 g/mol. The molecule has 0 amide bonds. The molecular formula is C15H20N4OS. The van der Waals surface area contributed by atoms with Crippen LogP contribution in [0.25, 0.3) is 0 Å². The molecule has 0 spiro atoms. The van der Waals surface area contributed by atoms with Crippen molar-refractivity contribution in [2.75, 3.05) is 13.1 Å². The van der Waals surface area contributed by atoms with Gasteiger partial charge in [-0.05, 0) is 18.9 Å². The van der Waals surface area contributed by atoms with E-state index in [1.165, 1.54) is 16.1 Å². The molecule has 0 bridgehead atoms. The zero-order chi connectivity index (χ0) is 14.8. The lowest BCUT2D eigenvalue weighted by molar-refractivity contribution is -0.116. The van der Waals surface area contributed by atoms with Gasteiger partial charge in [-0.25, -0.2) is 4.98 Å². The van der Waals surface area contributed by atoms with E-state index in [4.69, 9.17) is 0 Å². The normalized spacial score (nSPS) is 15.7. The van der Waals surface area contributed by atoms with Gasteiger partial charge in [-0.1, -0.05) is 0 Å². The summed E-state index contributed by atoms with van der Waals surface area (Å²) in [5.74, 6) is 0.174. The Morgan fingerprint density at radius 2 is 2.19 bits per heavy atom. The predicted octanol–water partition coefficient (Wildman–Crippen LogP) is 1.61. The molecule has 0 saturated heterocycles. The molecule has 112 valence electrons. The number of hydrogen-bond acceptors (Lipinski definition) is 5. The minimum atomic E-state index is 0.174. The van der Waals surface area contributed by atoms with Crippen LogP contribution in [-0.2, 0) is 37.6 Å². The summed E-state index contributed by atoms with van der Waals surface area (Å²) in [6.07, 6.45) is 6.58. The molecule has 0 fully saturated rings. The van der Waals surface area contributed by atoms with Crippen LogP contribution in [0.1, 0.15) is 28.1 Å². The first-order valence-electron chi connectivity index (χ1n) is 7.27. The van der Waals surface area contributed by atoms with E-state index in [2.05, 4.69) is 21.2 Å². The average Bonchev–Trinajstić information content (AvgIpc) is 2.94. The third kappa shape index (κ3) is 3.57. The van der Waals surface area contributed by atoms with E-state index in [1.54, 1.807) is 18.3 Å². The number of carbonyl (C=O) groups excluding carboxylic acids is 1. The Kier molecular flexibility index (Phi) is 4.17. The van der Waals surface area contributed by atoms with E-state index in [0.29, 0.717) is 6.42 Å². The van der Waals surface area contributed by atoms with Crippen LogP contribution in [0.5, 0.6) is 0 Å². The first kappa shape index (κ1) is 14.4. The number of Topliss-reactive ketones (excluding diaryl/α,β-unsaturated/α-hetero) is 1. The lowest BCUT2D eigenvalue weighted by Crippen LogP contribution is -2.25. The van der Waals surface area contributed by atoms with Crippen LogP contribution < -0.4 is 0 Å². The van der Waals surface area contributed by atoms with E-state index in [9.17, 15) is 4.79 Å². The summed E-state index contributed by atoms with van der Waals surface area (Å²) in [5, 5.41) is 5.46. The van der Waals surface area contributed by atoms with Crippen molar-refractivity contribution in [1.82, 2.24) is 19.7 Å². The van der Waals surface area contributed by atoms with Crippen molar-refractivity contribution in [3.63, 3.8) is 0 Å². The molecule has 3 rings (SSSR count). The number of aromatic nitrogens is 3. The van der Waals surface area contributed by atoms with Crippen molar-refractivity contribution in [3.8, 4) is 0 Å². The van der Waals surface area contributed by atoms with E-state index >= 15 is 0 Å². The summed E-state index contributed by atoms with van der Waals surface area (Å²) in [6.45, 7) is 4.62. The number of hydrogen-bond donors (Lipinski definition) is 0. The van der Waals surface area contributed by atoms with Gasteiger partial charge < -0.3 is 0 Å². The number of aryl methyl sites for hydroxylation is 1. The fourth-order valence-electron chi connectivity index (χ4n) is 2.75. The molecule has 0 N–H and O–H groups in total. The Balaban J connectivity index is 1.60. The lowest BCUT2D eigenvalue weighted by Gasteiger charge is -2.18. The Morgan fingerprint density at radius 1 is 1.38 bits per heavy atom. The van der Waals surface area contributed by atoms with E-state index in [1.807, 2.05) is 17.9 Å². The molecule has 5 nitrogen and oxygen atoms in total. The van der Waals surface area contributed by atoms with Crippen LogP contribution in [0, 0.1) is 0 Å². The number of thiazole rings is 1. The second kappa shape index (κ2) is 6.07. The van der Waals surface area contributed by atoms with Gasteiger partial charge in [-0.2, -0.15) is 5.10 Å². The molecule has 1 aliphatic heterocycles. The molecule has 2 aromatic rings. The van der Waals surface area contributed by atoms with Gasteiger partial charge in [0.15, 0.2) is 0 Å². The molecular weight excluding hydrogens is 284 g/mol. The Labute approximate surface area is 128 Å². The van der Waals surface area contributed by atoms with Crippen molar-refractivity contribution in [2.24, 2.45) is 7.05 Å². The van der Waals surface area contributed by atoms with Gasteiger partial charge in [0.1, 0.15) is 10.8 Å². The summed E-state index contributed by atoms with van der Waals surface area (Å²) in [6, 6.07) is 0. The second-order valence-electron chi connectivity index (χ2n) is 5.65. The van der Waals surface area contributed by atoms with Crippen LogP contribution in [0.15, 0.2) is 12.4 Å². The fourth-order valence-corrected chi connectivity index (χ4v) is 3.79. The largest absolute Gasteiger partial charge is 0.300 e. The van der Waals surface area contributed by atoms with Crippen molar-refractivity contribution in [3.05, 3.63) is 33.5 Å². The smallest absolute Gasteiger partial charge is 0.136 e. The number of nitrogens with zero attached hydrogens (tertiary/aromatic N) is 4. The van der Waals surface area contributed by atoms with Crippen molar-refractivity contribution < 1.29 is 4.79 Å². The van der Waals surface area contributed by atoms with Gasteiger partial charge in [0.25, 0.3) is 0 Å². The SMILES string of the molecule is CC(=O)Cc1ncc(CN2CCc3cn(C)nc3CC2)s1. The summed E-state index contributed by atoms with van der Waals surface area (Å²) < 4.78 is 1.91. The van der Waals surface area contributed by atoms with Gasteiger partial charge >= 0.3 is 0 Å². The number of ketones is 1. The third-order valence-corrected chi connectivity index (χ3v) is 4.72. The molecule has 0 saturated carbocycles. The lowest BCUT2D eigenvalue weighted by atomic mass is 10.2. The van der Waals surface area contributed by atoms with Crippen LogP contribution in [0.3, 0.4) is 0 Å². The number of fused-ring (bicyclic) bond motifs is 1. The molecule has 0 aromatic carbocycles. The van der Waals surface area contributed by atoms with Crippen LogP contribution in [0.4, 0.5) is 0 Å². The molecule has 0 aliphatic carbocycles. The zero-order valence-corrected chi connectivity index (χ0v) is 13.3. The zero-order valence-electron chi connectivity index (χ0n) is 12.5. The first-order valence-corrected chi connectivity index (χ1v) is 8.08. The van der Waals surface area contributed by atoms with Crippen LogP contribution in [0.2, 0.25) is 0 Å². The van der Waals surface area contributed by atoms with Crippen molar-refractivity contribution in [1.29, 1.82) is 0 Å². The van der Waals surface area contributed by atoms with Gasteiger partial charge in [-0.3, -0.25) is 14.4 Å². The highest BCUT2D eigenvalue weighted by molar-refractivity contribution is 7.11. The van der Waals surface area contributed by atoms with Crippen molar-refractivity contribution >= 4 is 17.1 Å². The van der Waals surface area contributed by atoms with Crippen LogP contribution in [-0.4, -0.2) is 38.5 Å². The molecule has 1 aliphatic rings. The maximum Gasteiger partial charge on any atom is 0.136 e. The summed E-state index contributed by atoms with van der Waals surface area (Å²) >= 11 is 1.66. The summed E-state index contributed by atoms with van der Waals surface area (Å²) in [5.41, 5.74) is 2.61. The summed E-state index contributed by atoms with van der Waals surface area (Å²) in [7, 11) is 1.99. The Hall–Kier alpha value is -1.53. The standard InChI is InChI=1S/C15H20N4OS/c1-11(20)7-15-16-8-13(21-15)10-19-5-3-12-9-18(2)17-14(12)4-6-19/h8-9H,3-7,10H2,1-2H3. The molecule has 2 aromatic heterocycles. The molecule has 6 heteroatoms. The van der Waals surface area contributed by atoms with Crippen LogP contribution >= 0.6 is 11.3 Å². The molecule has 3 heterocycles. The fraction of sp³-hybridized carbons (Fsp3) is 0.533. The maximum absolute atomic E-state index is 11.1. The molecule has 0 radical (unpaired) electrons. The number of rotatable bonds is 4. The van der Waals surface area contributed by atoms with Gasteiger partial charge in [0.2, 0.25) is 0 Å². The maximum atomic E-state index is 11.1. The Bertz CT molecular complexity index is 620. The topological polar surface area (TPSA) is 51.0 Å². The third-order valence-electron chi connectivity index (χ3n) is 3.74. The highest BCUT2D eigenvalue weighted by Gasteiger charge is 2.17. The first-order chi connectivity index (χ1) is 10.1. The van der Waals surface area contributed by atoms with Gasteiger partial charge in [-0.15, -0.1) is 11.3 Å². The average molecular weight is 304 g/mol. The Morgan fingerprint density at radius 3 is 3.00 bits per heavy atom. The van der Waals surface area contributed by atoms with Gasteiger partial charge in [0, 0.05) is 50.4 Å². The second-order valence-corrected chi connectivity index (χ2v) is 6.85. The predicted molar refractivity (Wildman–Crippen MR) is 82.4 cm³/mol. The van der Waals surface area contributed by atoms with E-state index in [-0.39, 0.29) is 5.78 Å². The minimum Gasteiger partial charge on any atom is -0.300 e. The highest BCUT2D eigenvalue weighted by atomic mass is 32.1. The summed E-state index contributed by atoms with van der Waals surface area (Å²) in [4.78, 5) is 19.2. The highest BCUT2D eigenvalue weighted by Crippen LogP contribution is 2.19. The van der Waals surface area contributed by atoms with E-state index in [0.717, 1.165) is 37.5 Å². The van der Waals surface area contributed by atoms with Crippen molar-refractivity contribution in [2.45, 2.75) is 32.7 Å². The molecule has 0 atom stereocenters. The number of carbonyl (C=O) groups is 1. The quantitative estimate of drug-likeness (QED) is 0.861. The van der Waals surface area contributed by atoms with Gasteiger partial charge in [0.05, 0.1) is 12.1 Å². The molecule has 0 unspecified atom stereocenters. The minimum absolute atomic E-state index is 0.174.